The number of carbonyl (C=O) groups is 1. The van der Waals surface area contributed by atoms with Crippen LogP contribution in [0, 0.1) is 0 Å². The van der Waals surface area contributed by atoms with Crippen molar-refractivity contribution in [3.8, 4) is 28.6 Å². The summed E-state index contributed by atoms with van der Waals surface area (Å²) in [6.45, 7) is 0. The van der Waals surface area contributed by atoms with E-state index in [1.807, 2.05) is 48.5 Å². The summed E-state index contributed by atoms with van der Waals surface area (Å²) in [7, 11) is 1.53. The van der Waals surface area contributed by atoms with Gasteiger partial charge >= 0.3 is 0 Å². The van der Waals surface area contributed by atoms with Crippen LogP contribution in [-0.2, 0) is 0 Å². The minimum Gasteiger partial charge on any atom is -0.496 e. The third-order valence-electron chi connectivity index (χ3n) is 4.18. The molecule has 0 atom stereocenters. The van der Waals surface area contributed by atoms with Gasteiger partial charge in [0.25, 0.3) is 11.8 Å². The lowest BCUT2D eigenvalue weighted by molar-refractivity contribution is 0.102. The molecular weight excluding hydrogens is 354 g/mol. The smallest absolute Gasteiger partial charge is 0.259 e. The highest BCUT2D eigenvalue weighted by atomic mass is 16.5. The first kappa shape index (κ1) is 17.5. The highest BCUT2D eigenvalue weighted by Gasteiger charge is 2.14. The second kappa shape index (κ2) is 7.75. The first-order valence-corrected chi connectivity index (χ1v) is 8.68. The largest absolute Gasteiger partial charge is 0.496 e. The molecule has 0 unspecified atom stereocenters. The molecule has 4 rings (SSSR count). The van der Waals surface area contributed by atoms with E-state index in [1.165, 1.54) is 7.11 Å². The Morgan fingerprint density at radius 3 is 2.50 bits per heavy atom. The lowest BCUT2D eigenvalue weighted by Gasteiger charge is -2.09. The van der Waals surface area contributed by atoms with Gasteiger partial charge in [-0.1, -0.05) is 53.7 Å². The van der Waals surface area contributed by atoms with E-state index in [-0.39, 0.29) is 5.91 Å². The molecule has 0 radical (unpaired) electrons. The Balaban J connectivity index is 1.57. The summed E-state index contributed by atoms with van der Waals surface area (Å²) in [6, 6.07) is 23.9. The molecule has 0 aliphatic heterocycles. The molecule has 1 N–H and O–H groups in total. The van der Waals surface area contributed by atoms with Gasteiger partial charge in [0, 0.05) is 16.8 Å². The Bertz CT molecular complexity index is 1110. The number of ether oxygens (including phenoxy) is 1. The van der Waals surface area contributed by atoms with Crippen LogP contribution >= 0.6 is 0 Å². The zero-order chi connectivity index (χ0) is 19.3. The zero-order valence-electron chi connectivity index (χ0n) is 15.1. The number of benzene rings is 3. The molecule has 0 saturated carbocycles. The van der Waals surface area contributed by atoms with Crippen molar-refractivity contribution in [3.05, 3.63) is 84.4 Å². The van der Waals surface area contributed by atoms with Gasteiger partial charge < -0.3 is 14.6 Å². The summed E-state index contributed by atoms with van der Waals surface area (Å²) in [5.74, 6) is 1.15. The van der Waals surface area contributed by atoms with Crippen molar-refractivity contribution in [1.82, 2.24) is 10.1 Å². The molecule has 0 saturated heterocycles. The van der Waals surface area contributed by atoms with Crippen molar-refractivity contribution in [1.29, 1.82) is 0 Å². The van der Waals surface area contributed by atoms with Crippen LogP contribution in [-0.4, -0.2) is 23.2 Å². The number of anilines is 1. The van der Waals surface area contributed by atoms with E-state index in [9.17, 15) is 4.79 Å². The maximum atomic E-state index is 12.6. The van der Waals surface area contributed by atoms with Crippen molar-refractivity contribution >= 4 is 11.6 Å². The fourth-order valence-corrected chi connectivity index (χ4v) is 2.81. The van der Waals surface area contributed by atoms with Crippen molar-refractivity contribution < 1.29 is 14.1 Å². The zero-order valence-corrected chi connectivity index (χ0v) is 15.1. The Labute approximate surface area is 161 Å². The molecule has 0 bridgehead atoms. The third-order valence-corrected chi connectivity index (χ3v) is 4.18. The molecule has 6 heteroatoms. The summed E-state index contributed by atoms with van der Waals surface area (Å²) >= 11 is 0. The monoisotopic (exact) mass is 371 g/mol. The van der Waals surface area contributed by atoms with E-state index in [0.717, 1.165) is 5.56 Å². The molecule has 1 aromatic heterocycles. The number of methoxy groups -OCH3 is 1. The Morgan fingerprint density at radius 2 is 1.68 bits per heavy atom. The number of aromatic nitrogens is 2. The number of nitrogens with one attached hydrogen (secondary N) is 1. The molecule has 0 spiro atoms. The molecular formula is C22H17N3O3. The van der Waals surface area contributed by atoms with E-state index in [4.69, 9.17) is 9.26 Å². The Hall–Kier alpha value is -3.93. The lowest BCUT2D eigenvalue weighted by Crippen LogP contribution is -2.13. The number of amides is 1. The third kappa shape index (κ3) is 3.61. The standard InChI is InChI=1S/C22H17N3O3/c1-27-19-13-6-5-12-18(19)21(26)23-17-11-7-10-16(14-17)22-24-20(25-28-22)15-8-3-2-4-9-15/h2-14H,1H3,(H,23,26). The molecule has 3 aromatic carbocycles. The van der Waals surface area contributed by atoms with Crippen LogP contribution in [0.25, 0.3) is 22.8 Å². The number of hydrogen-bond donors (Lipinski definition) is 1. The van der Waals surface area contributed by atoms with Gasteiger partial charge in [-0.15, -0.1) is 0 Å². The molecule has 0 aliphatic rings. The van der Waals surface area contributed by atoms with E-state index >= 15 is 0 Å². The molecule has 138 valence electrons. The summed E-state index contributed by atoms with van der Waals surface area (Å²) in [4.78, 5) is 17.0. The van der Waals surface area contributed by atoms with E-state index in [0.29, 0.717) is 34.3 Å². The van der Waals surface area contributed by atoms with Gasteiger partial charge in [-0.05, 0) is 30.3 Å². The second-order valence-corrected chi connectivity index (χ2v) is 6.02. The second-order valence-electron chi connectivity index (χ2n) is 6.02. The SMILES string of the molecule is COc1ccccc1C(=O)Nc1cccc(-c2nc(-c3ccccc3)no2)c1. The lowest BCUT2D eigenvalue weighted by atomic mass is 10.1. The van der Waals surface area contributed by atoms with Gasteiger partial charge in [-0.3, -0.25) is 4.79 Å². The minimum absolute atomic E-state index is 0.259. The van der Waals surface area contributed by atoms with Gasteiger partial charge in [-0.25, -0.2) is 0 Å². The average Bonchev–Trinajstić information content (AvgIpc) is 3.25. The number of carbonyl (C=O) groups excluding carboxylic acids is 1. The van der Waals surface area contributed by atoms with E-state index in [1.54, 1.807) is 30.3 Å². The van der Waals surface area contributed by atoms with Crippen LogP contribution < -0.4 is 10.1 Å². The van der Waals surface area contributed by atoms with Crippen molar-refractivity contribution in [2.45, 2.75) is 0 Å². The maximum Gasteiger partial charge on any atom is 0.259 e. The van der Waals surface area contributed by atoms with Gasteiger partial charge in [0.1, 0.15) is 5.75 Å². The molecule has 0 fully saturated rings. The topological polar surface area (TPSA) is 77.2 Å². The van der Waals surface area contributed by atoms with Crippen molar-refractivity contribution in [3.63, 3.8) is 0 Å². The van der Waals surface area contributed by atoms with Crippen LogP contribution in [0.15, 0.2) is 83.4 Å². The Morgan fingerprint density at radius 1 is 0.929 bits per heavy atom. The first-order valence-electron chi connectivity index (χ1n) is 8.68. The summed E-state index contributed by atoms with van der Waals surface area (Å²) in [5, 5.41) is 6.91. The van der Waals surface area contributed by atoms with Crippen LogP contribution in [0.2, 0.25) is 0 Å². The van der Waals surface area contributed by atoms with E-state index in [2.05, 4.69) is 15.5 Å². The summed E-state index contributed by atoms with van der Waals surface area (Å²) in [6.07, 6.45) is 0. The molecule has 1 amide bonds. The number of hydrogen-bond acceptors (Lipinski definition) is 5. The minimum atomic E-state index is -0.259. The normalized spacial score (nSPS) is 10.5. The summed E-state index contributed by atoms with van der Waals surface area (Å²) in [5.41, 5.74) is 2.66. The van der Waals surface area contributed by atoms with Gasteiger partial charge in [0.2, 0.25) is 5.82 Å². The number of para-hydroxylation sites is 1. The van der Waals surface area contributed by atoms with E-state index < -0.39 is 0 Å². The summed E-state index contributed by atoms with van der Waals surface area (Å²) < 4.78 is 10.6. The van der Waals surface area contributed by atoms with Gasteiger partial charge in [0.05, 0.1) is 12.7 Å². The Kier molecular flexibility index (Phi) is 4.84. The predicted octanol–water partition coefficient (Wildman–Crippen LogP) is 4.66. The number of nitrogens with zero attached hydrogens (tertiary/aromatic N) is 2. The highest BCUT2D eigenvalue weighted by molar-refractivity contribution is 6.06. The quantitative estimate of drug-likeness (QED) is 0.552. The molecule has 4 aromatic rings. The molecule has 6 nitrogen and oxygen atoms in total. The predicted molar refractivity (Wildman–Crippen MR) is 106 cm³/mol. The fourth-order valence-electron chi connectivity index (χ4n) is 2.81. The molecule has 1 heterocycles. The molecule has 0 aliphatic carbocycles. The molecule has 28 heavy (non-hydrogen) atoms. The van der Waals surface area contributed by atoms with Gasteiger partial charge in [-0.2, -0.15) is 4.98 Å². The van der Waals surface area contributed by atoms with Gasteiger partial charge in [0.15, 0.2) is 0 Å². The first-order chi connectivity index (χ1) is 13.7. The number of rotatable bonds is 5. The van der Waals surface area contributed by atoms with Crippen LogP contribution in [0.1, 0.15) is 10.4 Å². The highest BCUT2D eigenvalue weighted by Crippen LogP contribution is 2.25. The van der Waals surface area contributed by atoms with Crippen molar-refractivity contribution in [2.24, 2.45) is 0 Å². The van der Waals surface area contributed by atoms with Crippen LogP contribution in [0.4, 0.5) is 5.69 Å². The fraction of sp³-hybridized carbons (Fsp3) is 0.0455. The average molecular weight is 371 g/mol. The van der Waals surface area contributed by atoms with Crippen molar-refractivity contribution in [2.75, 3.05) is 12.4 Å². The van der Waals surface area contributed by atoms with Crippen LogP contribution in [0.5, 0.6) is 5.75 Å². The van der Waals surface area contributed by atoms with Crippen LogP contribution in [0.3, 0.4) is 0 Å². The maximum absolute atomic E-state index is 12.6.